The van der Waals surface area contributed by atoms with Crippen molar-refractivity contribution in [3.8, 4) is 5.69 Å². The van der Waals surface area contributed by atoms with Gasteiger partial charge in [0, 0.05) is 0 Å². The molecule has 7 nitrogen and oxygen atoms in total. The summed E-state index contributed by atoms with van der Waals surface area (Å²) in [6, 6.07) is 8.20. The van der Waals surface area contributed by atoms with Crippen LogP contribution in [-0.4, -0.2) is 38.0 Å². The molecule has 22 heavy (non-hydrogen) atoms. The summed E-state index contributed by atoms with van der Waals surface area (Å²) < 4.78 is 0. The Hall–Kier alpha value is -2.70. The molecule has 7 heteroatoms. The molecule has 1 amide bonds. The van der Waals surface area contributed by atoms with Gasteiger partial charge in [-0.1, -0.05) is 38.5 Å². The van der Waals surface area contributed by atoms with Crippen LogP contribution in [-0.2, 0) is 4.79 Å². The molecule has 0 unspecified atom stereocenters. The Morgan fingerprint density at radius 3 is 2.59 bits per heavy atom. The van der Waals surface area contributed by atoms with E-state index >= 15 is 0 Å². The van der Waals surface area contributed by atoms with Gasteiger partial charge in [0.2, 0.25) is 0 Å². The minimum Gasteiger partial charge on any atom is -0.480 e. The third-order valence-corrected chi connectivity index (χ3v) is 3.48. The van der Waals surface area contributed by atoms with E-state index in [1.54, 1.807) is 19.1 Å². The van der Waals surface area contributed by atoms with Gasteiger partial charge in [-0.15, -0.1) is 5.10 Å². The number of benzene rings is 1. The molecule has 1 aromatic heterocycles. The molecule has 2 aromatic rings. The Morgan fingerprint density at radius 1 is 1.32 bits per heavy atom. The van der Waals surface area contributed by atoms with E-state index in [1.807, 2.05) is 25.1 Å². The van der Waals surface area contributed by atoms with E-state index in [-0.39, 0.29) is 11.6 Å². The highest BCUT2D eigenvalue weighted by Gasteiger charge is 2.26. The second-order valence-corrected chi connectivity index (χ2v) is 5.03. The molecular formula is C15H18N4O3. The van der Waals surface area contributed by atoms with Gasteiger partial charge in [0.15, 0.2) is 5.69 Å². The summed E-state index contributed by atoms with van der Waals surface area (Å²) >= 11 is 0. The number of carboxylic acid groups (broad SMARTS) is 1. The van der Waals surface area contributed by atoms with Crippen molar-refractivity contribution in [2.24, 2.45) is 5.92 Å². The molecule has 0 fully saturated rings. The normalized spacial score (nSPS) is 13.4. The maximum atomic E-state index is 12.1. The zero-order chi connectivity index (χ0) is 16.1. The van der Waals surface area contributed by atoms with Crippen LogP contribution >= 0.6 is 0 Å². The number of amides is 1. The number of para-hydroxylation sites is 1. The average molecular weight is 302 g/mol. The van der Waals surface area contributed by atoms with Crippen molar-refractivity contribution in [2.45, 2.75) is 26.3 Å². The first-order chi connectivity index (χ1) is 10.5. The van der Waals surface area contributed by atoms with Crippen molar-refractivity contribution >= 4 is 11.9 Å². The van der Waals surface area contributed by atoms with Crippen molar-refractivity contribution in [2.75, 3.05) is 0 Å². The second kappa shape index (κ2) is 6.84. The molecule has 2 rings (SSSR count). The largest absolute Gasteiger partial charge is 0.480 e. The van der Waals surface area contributed by atoms with E-state index in [4.69, 9.17) is 0 Å². The van der Waals surface area contributed by atoms with Gasteiger partial charge in [-0.25, -0.2) is 4.79 Å². The minimum absolute atomic E-state index is 0.0819. The monoisotopic (exact) mass is 302 g/mol. The van der Waals surface area contributed by atoms with Gasteiger partial charge in [-0.3, -0.25) is 4.79 Å². The molecule has 1 heterocycles. The van der Waals surface area contributed by atoms with Gasteiger partial charge in [0.1, 0.15) is 6.04 Å². The second-order valence-electron chi connectivity index (χ2n) is 5.03. The lowest BCUT2D eigenvalue weighted by atomic mass is 9.99. The minimum atomic E-state index is -1.06. The Morgan fingerprint density at radius 2 is 2.00 bits per heavy atom. The predicted octanol–water partition coefficient (Wildman–Crippen LogP) is 1.50. The van der Waals surface area contributed by atoms with Crippen LogP contribution in [0.4, 0.5) is 0 Å². The van der Waals surface area contributed by atoms with E-state index in [0.717, 1.165) is 5.69 Å². The number of hydrogen-bond acceptors (Lipinski definition) is 4. The number of carbonyl (C=O) groups is 2. The molecule has 0 aliphatic heterocycles. The van der Waals surface area contributed by atoms with Crippen LogP contribution in [0.3, 0.4) is 0 Å². The van der Waals surface area contributed by atoms with Crippen LogP contribution in [0.25, 0.3) is 5.69 Å². The first-order valence-electron chi connectivity index (χ1n) is 7.04. The van der Waals surface area contributed by atoms with E-state index in [0.29, 0.717) is 6.42 Å². The number of nitrogens with zero attached hydrogens (tertiary/aromatic N) is 3. The fraction of sp³-hybridized carbons (Fsp3) is 0.333. The maximum Gasteiger partial charge on any atom is 0.326 e. The van der Waals surface area contributed by atoms with Crippen LogP contribution in [0, 0.1) is 5.92 Å². The van der Waals surface area contributed by atoms with Gasteiger partial charge in [0.05, 0.1) is 11.9 Å². The Kier molecular flexibility index (Phi) is 4.88. The summed E-state index contributed by atoms with van der Waals surface area (Å²) in [6.45, 7) is 3.65. The fourth-order valence-electron chi connectivity index (χ4n) is 1.95. The summed E-state index contributed by atoms with van der Waals surface area (Å²) in [7, 11) is 0. The van der Waals surface area contributed by atoms with Crippen molar-refractivity contribution in [3.05, 3.63) is 42.2 Å². The predicted molar refractivity (Wildman–Crippen MR) is 79.7 cm³/mol. The summed E-state index contributed by atoms with van der Waals surface area (Å²) in [5.41, 5.74) is 0.802. The highest BCUT2D eigenvalue weighted by molar-refractivity contribution is 5.94. The number of aliphatic carboxylic acids is 1. The highest BCUT2D eigenvalue weighted by Crippen LogP contribution is 2.09. The van der Waals surface area contributed by atoms with E-state index in [2.05, 4.69) is 15.5 Å². The fourth-order valence-corrected chi connectivity index (χ4v) is 1.95. The molecule has 1 aromatic carbocycles. The Bertz CT molecular complexity index is 654. The van der Waals surface area contributed by atoms with Gasteiger partial charge in [-0.2, -0.15) is 9.90 Å². The van der Waals surface area contributed by atoms with Crippen LogP contribution in [0.5, 0.6) is 0 Å². The summed E-state index contributed by atoms with van der Waals surface area (Å²) in [4.78, 5) is 24.7. The quantitative estimate of drug-likeness (QED) is 0.842. The average Bonchev–Trinajstić information content (AvgIpc) is 3.02. The van der Waals surface area contributed by atoms with Gasteiger partial charge >= 0.3 is 5.97 Å². The van der Waals surface area contributed by atoms with Gasteiger partial charge in [0.25, 0.3) is 5.91 Å². The number of hydrogen-bond donors (Lipinski definition) is 2. The Balaban J connectivity index is 2.13. The lowest BCUT2D eigenvalue weighted by Gasteiger charge is -2.19. The number of carboxylic acids is 1. The maximum absolute atomic E-state index is 12.1. The first-order valence-corrected chi connectivity index (χ1v) is 7.04. The standard InChI is InChI=1S/C15H18N4O3/c1-3-10(2)13(15(21)22)17-14(20)12-9-16-19(18-12)11-7-5-4-6-8-11/h4-10,13H,3H2,1-2H3,(H,17,20)(H,21,22)/t10-,13-/m0/s1. The molecule has 0 saturated carbocycles. The molecule has 116 valence electrons. The van der Waals surface area contributed by atoms with Crippen molar-refractivity contribution < 1.29 is 14.7 Å². The third kappa shape index (κ3) is 3.49. The molecular weight excluding hydrogens is 284 g/mol. The van der Waals surface area contributed by atoms with Crippen LogP contribution in [0.15, 0.2) is 36.5 Å². The molecule has 0 spiro atoms. The number of carbonyl (C=O) groups excluding carboxylic acids is 1. The SMILES string of the molecule is CC[C@H](C)[C@H](NC(=O)c1cnn(-c2ccccc2)n1)C(=O)O. The van der Waals surface area contributed by atoms with E-state index in [9.17, 15) is 14.7 Å². The van der Waals surface area contributed by atoms with Gasteiger partial charge < -0.3 is 10.4 Å². The molecule has 0 aliphatic rings. The van der Waals surface area contributed by atoms with Crippen molar-refractivity contribution in [1.29, 1.82) is 0 Å². The summed E-state index contributed by atoms with van der Waals surface area (Å²) in [6.07, 6.45) is 1.96. The molecule has 2 atom stereocenters. The zero-order valence-corrected chi connectivity index (χ0v) is 12.4. The van der Waals surface area contributed by atoms with Crippen LogP contribution in [0.1, 0.15) is 30.8 Å². The van der Waals surface area contributed by atoms with Crippen molar-refractivity contribution in [3.63, 3.8) is 0 Å². The number of nitrogens with one attached hydrogen (secondary N) is 1. The third-order valence-electron chi connectivity index (χ3n) is 3.48. The molecule has 0 bridgehead atoms. The molecule has 0 saturated heterocycles. The Labute approximate surface area is 128 Å². The highest BCUT2D eigenvalue weighted by atomic mass is 16.4. The number of aromatic nitrogens is 3. The van der Waals surface area contributed by atoms with Crippen LogP contribution in [0.2, 0.25) is 0 Å². The first kappa shape index (κ1) is 15.7. The van der Waals surface area contributed by atoms with Crippen molar-refractivity contribution in [1.82, 2.24) is 20.3 Å². The molecule has 0 aliphatic carbocycles. The van der Waals surface area contributed by atoms with E-state index in [1.165, 1.54) is 11.0 Å². The smallest absolute Gasteiger partial charge is 0.326 e. The molecule has 0 radical (unpaired) electrons. The lowest BCUT2D eigenvalue weighted by Crippen LogP contribution is -2.45. The van der Waals surface area contributed by atoms with E-state index < -0.39 is 17.9 Å². The lowest BCUT2D eigenvalue weighted by molar-refractivity contribution is -0.140. The summed E-state index contributed by atoms with van der Waals surface area (Å²) in [5, 5.41) is 19.8. The molecule has 2 N–H and O–H groups in total. The van der Waals surface area contributed by atoms with Gasteiger partial charge in [-0.05, 0) is 18.1 Å². The zero-order valence-electron chi connectivity index (χ0n) is 12.4. The topological polar surface area (TPSA) is 97.1 Å². The van der Waals surface area contributed by atoms with Crippen LogP contribution < -0.4 is 5.32 Å². The number of rotatable bonds is 6. The summed E-state index contributed by atoms with van der Waals surface area (Å²) in [5.74, 6) is -1.78.